The van der Waals surface area contributed by atoms with Crippen LogP contribution in [0.25, 0.3) is 10.4 Å². The molecule has 2 N–H and O–H groups in total. The van der Waals surface area contributed by atoms with Crippen molar-refractivity contribution >= 4 is 23.3 Å². The third kappa shape index (κ3) is 5.37. The molecule has 3 rings (SSSR count). The molecule has 1 aromatic carbocycles. The summed E-state index contributed by atoms with van der Waals surface area (Å²) in [5.41, 5.74) is 2.40. The molecule has 0 radical (unpaired) electrons. The van der Waals surface area contributed by atoms with Gasteiger partial charge in [-0.25, -0.2) is 9.78 Å². The minimum Gasteiger partial charge on any atom is -0.444 e. The lowest BCUT2D eigenvalue weighted by atomic mass is 10.1. The van der Waals surface area contributed by atoms with Crippen LogP contribution in [0.4, 0.5) is 4.79 Å². The molecule has 8 heteroatoms. The topological polar surface area (TPSA) is 91.8 Å². The number of nitrogens with zero attached hydrogens (tertiary/aromatic N) is 2. The highest BCUT2D eigenvalue weighted by Gasteiger charge is 2.40. The van der Waals surface area contributed by atoms with Crippen LogP contribution in [-0.4, -0.2) is 51.3 Å². The highest BCUT2D eigenvalue weighted by Crippen LogP contribution is 2.29. The Morgan fingerprint density at radius 1 is 1.27 bits per heavy atom. The number of nitrogens with one attached hydrogen (secondary N) is 1. The molecule has 1 saturated heterocycles. The van der Waals surface area contributed by atoms with E-state index in [4.69, 9.17) is 4.74 Å². The number of amides is 2. The minimum atomic E-state index is -0.739. The number of rotatable bonds is 4. The molecule has 1 fully saturated rings. The van der Waals surface area contributed by atoms with Crippen LogP contribution in [0.3, 0.4) is 0 Å². The molecule has 2 amide bonds. The van der Waals surface area contributed by atoms with E-state index in [1.807, 2.05) is 38.1 Å². The third-order valence-corrected chi connectivity index (χ3v) is 5.92. The van der Waals surface area contributed by atoms with Crippen molar-refractivity contribution in [2.24, 2.45) is 0 Å². The van der Waals surface area contributed by atoms with Gasteiger partial charge in [-0.3, -0.25) is 9.69 Å². The molecule has 0 bridgehead atoms. The lowest BCUT2D eigenvalue weighted by Crippen LogP contribution is -2.47. The van der Waals surface area contributed by atoms with Crippen LogP contribution in [0, 0.1) is 13.8 Å². The number of ether oxygens (including phenoxy) is 1. The van der Waals surface area contributed by atoms with Crippen LogP contribution in [0.1, 0.15) is 43.5 Å². The lowest BCUT2D eigenvalue weighted by molar-refractivity contribution is -0.125. The first-order chi connectivity index (χ1) is 14.0. The second-order valence-electron chi connectivity index (χ2n) is 8.60. The molecule has 2 atom stereocenters. The molecule has 2 unspecified atom stereocenters. The number of carbonyl (C=O) groups is 2. The summed E-state index contributed by atoms with van der Waals surface area (Å²) in [7, 11) is 0. The normalized spacial score (nSPS) is 19.1. The molecule has 1 aromatic heterocycles. The van der Waals surface area contributed by atoms with E-state index in [2.05, 4.69) is 10.3 Å². The van der Waals surface area contributed by atoms with Crippen LogP contribution in [0.5, 0.6) is 0 Å². The van der Waals surface area contributed by atoms with E-state index in [9.17, 15) is 14.7 Å². The largest absolute Gasteiger partial charge is 0.444 e. The summed E-state index contributed by atoms with van der Waals surface area (Å²) < 4.78 is 5.37. The summed E-state index contributed by atoms with van der Waals surface area (Å²) in [5, 5.41) is 13.9. The highest BCUT2D eigenvalue weighted by molar-refractivity contribution is 7.15. The van der Waals surface area contributed by atoms with Crippen molar-refractivity contribution in [3.05, 3.63) is 40.5 Å². The standard InChI is InChI=1S/C22H29N3O4S/c1-13-19(30-14(2)24-13)16-8-6-15(7-9-16)11-23-20(27)18-10-17(26)12-25(18)21(28)29-22(3,4)5/h6-9,17-18,26H,10-12H2,1-5H3,(H,23,27). The van der Waals surface area contributed by atoms with E-state index in [0.29, 0.717) is 6.54 Å². The van der Waals surface area contributed by atoms with Gasteiger partial charge in [0.15, 0.2) is 0 Å². The van der Waals surface area contributed by atoms with Gasteiger partial charge >= 0.3 is 6.09 Å². The van der Waals surface area contributed by atoms with Gasteiger partial charge in [0.1, 0.15) is 11.6 Å². The Bertz CT molecular complexity index is 917. The number of benzene rings is 1. The van der Waals surface area contributed by atoms with E-state index in [1.54, 1.807) is 32.1 Å². The summed E-state index contributed by atoms with van der Waals surface area (Å²) in [6, 6.07) is 7.25. The van der Waals surface area contributed by atoms with Crippen molar-refractivity contribution in [1.82, 2.24) is 15.2 Å². The number of β-amino-alcohol motifs (C(OH)–C–C–N with tert-alkyl or cyclic N) is 1. The van der Waals surface area contributed by atoms with Crippen molar-refractivity contribution in [3.63, 3.8) is 0 Å². The highest BCUT2D eigenvalue weighted by atomic mass is 32.1. The Kier molecular flexibility index (Phi) is 6.47. The summed E-state index contributed by atoms with van der Waals surface area (Å²) >= 11 is 1.66. The molecule has 162 valence electrons. The molecule has 2 heterocycles. The number of aliphatic hydroxyl groups is 1. The first-order valence-corrected chi connectivity index (χ1v) is 10.8. The summed E-state index contributed by atoms with van der Waals surface area (Å²) in [6.45, 7) is 9.73. The van der Waals surface area contributed by atoms with Crippen molar-refractivity contribution in [2.45, 2.75) is 65.3 Å². The van der Waals surface area contributed by atoms with Gasteiger partial charge in [-0.2, -0.15) is 0 Å². The fourth-order valence-electron chi connectivity index (χ4n) is 3.46. The average Bonchev–Trinajstić information content (AvgIpc) is 3.20. The number of aromatic nitrogens is 1. The molecule has 30 heavy (non-hydrogen) atoms. The maximum Gasteiger partial charge on any atom is 0.411 e. The number of hydrogen-bond acceptors (Lipinski definition) is 6. The number of carbonyl (C=O) groups excluding carboxylic acids is 2. The van der Waals surface area contributed by atoms with Gasteiger partial charge in [0.25, 0.3) is 0 Å². The average molecular weight is 432 g/mol. The lowest BCUT2D eigenvalue weighted by Gasteiger charge is -2.27. The maximum atomic E-state index is 12.7. The molecule has 2 aromatic rings. The van der Waals surface area contributed by atoms with E-state index >= 15 is 0 Å². The van der Waals surface area contributed by atoms with E-state index in [-0.39, 0.29) is 18.9 Å². The zero-order valence-corrected chi connectivity index (χ0v) is 18.9. The quantitative estimate of drug-likeness (QED) is 0.774. The minimum absolute atomic E-state index is 0.0926. The van der Waals surface area contributed by atoms with Crippen LogP contribution in [0.15, 0.2) is 24.3 Å². The van der Waals surface area contributed by atoms with Crippen LogP contribution < -0.4 is 5.32 Å². The smallest absolute Gasteiger partial charge is 0.411 e. The molecule has 0 saturated carbocycles. The Labute approximate surface area is 181 Å². The van der Waals surface area contributed by atoms with Gasteiger partial charge in [0.2, 0.25) is 5.91 Å². The molecule has 7 nitrogen and oxygen atoms in total. The van der Waals surface area contributed by atoms with Crippen LogP contribution in [0.2, 0.25) is 0 Å². The number of likely N-dealkylation sites (tertiary alicyclic amines) is 1. The van der Waals surface area contributed by atoms with E-state index in [1.165, 1.54) is 4.90 Å². The van der Waals surface area contributed by atoms with Gasteiger partial charge in [-0.15, -0.1) is 11.3 Å². The van der Waals surface area contributed by atoms with Crippen molar-refractivity contribution < 1.29 is 19.4 Å². The van der Waals surface area contributed by atoms with Crippen molar-refractivity contribution in [3.8, 4) is 10.4 Å². The Hall–Kier alpha value is -2.45. The first kappa shape index (κ1) is 22.2. The van der Waals surface area contributed by atoms with Crippen LogP contribution in [-0.2, 0) is 16.1 Å². The van der Waals surface area contributed by atoms with Gasteiger partial charge in [0, 0.05) is 13.0 Å². The Balaban J connectivity index is 1.61. The SMILES string of the molecule is Cc1nc(C)c(-c2ccc(CNC(=O)C3CC(O)CN3C(=O)OC(C)(C)C)cc2)s1. The van der Waals surface area contributed by atoms with Gasteiger partial charge < -0.3 is 15.2 Å². The molecule has 0 aliphatic carbocycles. The van der Waals surface area contributed by atoms with E-state index < -0.39 is 23.8 Å². The second-order valence-corrected chi connectivity index (χ2v) is 9.80. The predicted molar refractivity (Wildman–Crippen MR) is 116 cm³/mol. The van der Waals surface area contributed by atoms with Crippen molar-refractivity contribution in [2.75, 3.05) is 6.54 Å². The first-order valence-electron chi connectivity index (χ1n) is 10.0. The third-order valence-electron chi connectivity index (χ3n) is 4.80. The predicted octanol–water partition coefficient (Wildman–Crippen LogP) is 3.41. The van der Waals surface area contributed by atoms with Crippen molar-refractivity contribution in [1.29, 1.82) is 0 Å². The molecular weight excluding hydrogens is 402 g/mol. The molecule has 1 aliphatic rings. The molecular formula is C22H29N3O4S. The summed E-state index contributed by atoms with van der Waals surface area (Å²) in [6.07, 6.45) is -1.12. The number of thiazole rings is 1. The van der Waals surface area contributed by atoms with Crippen LogP contribution >= 0.6 is 11.3 Å². The number of aliphatic hydroxyl groups excluding tert-OH is 1. The molecule has 1 aliphatic heterocycles. The fraction of sp³-hybridized carbons (Fsp3) is 0.500. The van der Waals surface area contributed by atoms with Gasteiger partial charge in [0.05, 0.1) is 28.2 Å². The maximum absolute atomic E-state index is 12.7. The zero-order chi connectivity index (χ0) is 22.1. The monoisotopic (exact) mass is 431 g/mol. The summed E-state index contributed by atoms with van der Waals surface area (Å²) in [4.78, 5) is 32.0. The number of aryl methyl sites for hydroxylation is 2. The number of hydrogen-bond donors (Lipinski definition) is 2. The van der Waals surface area contributed by atoms with E-state index in [0.717, 1.165) is 26.7 Å². The summed E-state index contributed by atoms with van der Waals surface area (Å²) in [5.74, 6) is -0.296. The Morgan fingerprint density at radius 2 is 1.93 bits per heavy atom. The molecule has 0 spiro atoms. The fourth-order valence-corrected chi connectivity index (χ4v) is 4.39. The van der Waals surface area contributed by atoms with Gasteiger partial charge in [-0.1, -0.05) is 24.3 Å². The Morgan fingerprint density at radius 3 is 2.50 bits per heavy atom. The van der Waals surface area contributed by atoms with Gasteiger partial charge in [-0.05, 0) is 45.7 Å². The second kappa shape index (κ2) is 8.73. The zero-order valence-electron chi connectivity index (χ0n) is 18.1.